The van der Waals surface area contributed by atoms with Crippen molar-refractivity contribution < 1.29 is 4.74 Å². The Labute approximate surface area is 125 Å². The highest BCUT2D eigenvalue weighted by Crippen LogP contribution is 2.29. The first-order valence-corrected chi connectivity index (χ1v) is 7.37. The second kappa shape index (κ2) is 6.70. The fourth-order valence-electron chi connectivity index (χ4n) is 2.88. The first-order chi connectivity index (χ1) is 10.4. The van der Waals surface area contributed by atoms with Crippen LogP contribution in [-0.4, -0.2) is 43.2 Å². The molecule has 1 unspecified atom stereocenters. The number of methoxy groups -OCH3 is 1. The molecule has 0 saturated carbocycles. The van der Waals surface area contributed by atoms with Crippen LogP contribution >= 0.6 is 0 Å². The van der Waals surface area contributed by atoms with Crippen molar-refractivity contribution in [2.45, 2.75) is 6.04 Å². The summed E-state index contributed by atoms with van der Waals surface area (Å²) in [6, 6.07) is 12.8. The molecule has 1 atom stereocenters. The zero-order chi connectivity index (χ0) is 14.5. The number of rotatable bonds is 4. The Morgan fingerprint density at radius 1 is 1.10 bits per heavy atom. The van der Waals surface area contributed by atoms with E-state index in [1.54, 1.807) is 7.11 Å². The fourth-order valence-corrected chi connectivity index (χ4v) is 2.88. The van der Waals surface area contributed by atoms with Crippen LogP contribution < -0.4 is 10.1 Å². The summed E-state index contributed by atoms with van der Waals surface area (Å²) < 4.78 is 5.26. The van der Waals surface area contributed by atoms with Crippen molar-refractivity contribution in [1.82, 2.24) is 15.2 Å². The van der Waals surface area contributed by atoms with Gasteiger partial charge < -0.3 is 10.1 Å². The molecule has 1 aliphatic heterocycles. The number of nitrogens with zero attached hydrogens (tertiary/aromatic N) is 2. The molecule has 1 saturated heterocycles. The van der Waals surface area contributed by atoms with E-state index in [0.717, 1.165) is 31.9 Å². The van der Waals surface area contributed by atoms with E-state index in [9.17, 15) is 0 Å². The van der Waals surface area contributed by atoms with Crippen molar-refractivity contribution in [2.75, 3.05) is 33.3 Å². The monoisotopic (exact) mass is 283 g/mol. The Bertz CT molecular complexity index is 550. The van der Waals surface area contributed by atoms with Crippen molar-refractivity contribution in [2.24, 2.45) is 0 Å². The maximum absolute atomic E-state index is 5.26. The molecule has 2 heterocycles. The number of nitrogens with one attached hydrogen (secondary N) is 1. The van der Waals surface area contributed by atoms with Gasteiger partial charge in [-0.05, 0) is 29.3 Å². The lowest BCUT2D eigenvalue weighted by molar-refractivity contribution is 0.198. The van der Waals surface area contributed by atoms with Crippen LogP contribution in [0.25, 0.3) is 0 Å². The van der Waals surface area contributed by atoms with Gasteiger partial charge in [0.15, 0.2) is 0 Å². The first-order valence-electron chi connectivity index (χ1n) is 7.37. The minimum atomic E-state index is 0.256. The molecule has 2 aromatic rings. The van der Waals surface area contributed by atoms with Crippen molar-refractivity contribution in [3.05, 3.63) is 59.9 Å². The Balaban J connectivity index is 1.94. The molecule has 1 aromatic carbocycles. The van der Waals surface area contributed by atoms with Gasteiger partial charge in [0.1, 0.15) is 5.75 Å². The van der Waals surface area contributed by atoms with Gasteiger partial charge in [-0.25, -0.2) is 0 Å². The van der Waals surface area contributed by atoms with Crippen LogP contribution in [0, 0.1) is 0 Å². The second-order valence-electron chi connectivity index (χ2n) is 5.25. The standard InChI is InChI=1S/C17H21N3O/c1-21-16-6-4-14(5-7-16)17(15-3-2-8-19-13-15)20-11-9-18-10-12-20/h2-8,13,17-18H,9-12H2,1H3. The lowest BCUT2D eigenvalue weighted by Crippen LogP contribution is -2.45. The van der Waals surface area contributed by atoms with Gasteiger partial charge in [-0.15, -0.1) is 0 Å². The average Bonchev–Trinajstić information content (AvgIpc) is 2.58. The molecule has 4 nitrogen and oxygen atoms in total. The normalized spacial score (nSPS) is 17.4. The van der Waals surface area contributed by atoms with Crippen LogP contribution in [0.3, 0.4) is 0 Å². The maximum Gasteiger partial charge on any atom is 0.118 e. The zero-order valence-corrected chi connectivity index (χ0v) is 12.3. The summed E-state index contributed by atoms with van der Waals surface area (Å²) in [6.07, 6.45) is 3.79. The molecule has 1 N–H and O–H groups in total. The minimum Gasteiger partial charge on any atom is -0.497 e. The number of piperazine rings is 1. The molecule has 0 spiro atoms. The summed E-state index contributed by atoms with van der Waals surface area (Å²) in [5.74, 6) is 0.893. The van der Waals surface area contributed by atoms with Gasteiger partial charge in [-0.1, -0.05) is 18.2 Å². The zero-order valence-electron chi connectivity index (χ0n) is 12.3. The molecule has 0 amide bonds. The van der Waals surface area contributed by atoms with Gasteiger partial charge in [0.2, 0.25) is 0 Å². The molecule has 21 heavy (non-hydrogen) atoms. The Morgan fingerprint density at radius 2 is 1.86 bits per heavy atom. The molecule has 4 heteroatoms. The Morgan fingerprint density at radius 3 is 2.48 bits per heavy atom. The predicted octanol–water partition coefficient (Wildman–Crippen LogP) is 2.08. The van der Waals surface area contributed by atoms with Crippen LogP contribution in [0.5, 0.6) is 5.75 Å². The summed E-state index contributed by atoms with van der Waals surface area (Å²) in [4.78, 5) is 6.80. The smallest absolute Gasteiger partial charge is 0.118 e. The van der Waals surface area contributed by atoms with Crippen LogP contribution in [-0.2, 0) is 0 Å². The summed E-state index contributed by atoms with van der Waals surface area (Å²) in [6.45, 7) is 4.16. The Kier molecular flexibility index (Phi) is 4.48. The molecule has 0 bridgehead atoms. The van der Waals surface area contributed by atoms with Crippen LogP contribution in [0.4, 0.5) is 0 Å². The van der Waals surface area contributed by atoms with E-state index in [2.05, 4.69) is 33.4 Å². The van der Waals surface area contributed by atoms with Crippen LogP contribution in [0.2, 0.25) is 0 Å². The van der Waals surface area contributed by atoms with Gasteiger partial charge in [0.25, 0.3) is 0 Å². The lowest BCUT2D eigenvalue weighted by atomic mass is 9.97. The van der Waals surface area contributed by atoms with E-state index in [1.807, 2.05) is 30.6 Å². The number of pyridine rings is 1. The van der Waals surface area contributed by atoms with Crippen molar-refractivity contribution >= 4 is 0 Å². The number of hydrogen-bond donors (Lipinski definition) is 1. The van der Waals surface area contributed by atoms with Crippen molar-refractivity contribution in [3.63, 3.8) is 0 Å². The molecule has 0 aliphatic carbocycles. The van der Waals surface area contributed by atoms with E-state index in [1.165, 1.54) is 11.1 Å². The highest BCUT2D eigenvalue weighted by molar-refractivity contribution is 5.34. The van der Waals surface area contributed by atoms with Gasteiger partial charge in [-0.3, -0.25) is 9.88 Å². The van der Waals surface area contributed by atoms with Gasteiger partial charge in [0, 0.05) is 38.6 Å². The van der Waals surface area contributed by atoms with Crippen LogP contribution in [0.1, 0.15) is 17.2 Å². The van der Waals surface area contributed by atoms with E-state index < -0.39 is 0 Å². The minimum absolute atomic E-state index is 0.256. The fraction of sp³-hybridized carbons (Fsp3) is 0.353. The molecular weight excluding hydrogens is 262 g/mol. The van der Waals surface area contributed by atoms with Gasteiger partial charge in [0.05, 0.1) is 13.2 Å². The van der Waals surface area contributed by atoms with E-state index in [4.69, 9.17) is 4.74 Å². The topological polar surface area (TPSA) is 37.4 Å². The van der Waals surface area contributed by atoms with Crippen molar-refractivity contribution in [1.29, 1.82) is 0 Å². The summed E-state index contributed by atoms with van der Waals surface area (Å²) in [7, 11) is 1.70. The van der Waals surface area contributed by atoms with Crippen LogP contribution in [0.15, 0.2) is 48.8 Å². The third kappa shape index (κ3) is 3.23. The van der Waals surface area contributed by atoms with E-state index in [0.29, 0.717) is 0 Å². The largest absolute Gasteiger partial charge is 0.497 e. The Hall–Kier alpha value is -1.91. The SMILES string of the molecule is COc1ccc(C(c2cccnc2)N2CCNCC2)cc1. The number of hydrogen-bond acceptors (Lipinski definition) is 4. The molecule has 1 fully saturated rings. The molecular formula is C17H21N3O. The molecule has 0 radical (unpaired) electrons. The molecule has 1 aromatic heterocycles. The predicted molar refractivity (Wildman–Crippen MR) is 83.5 cm³/mol. The third-order valence-electron chi connectivity index (χ3n) is 3.95. The van der Waals surface area contributed by atoms with Gasteiger partial charge in [-0.2, -0.15) is 0 Å². The molecule has 3 rings (SSSR count). The van der Waals surface area contributed by atoms with Gasteiger partial charge >= 0.3 is 0 Å². The lowest BCUT2D eigenvalue weighted by Gasteiger charge is -2.35. The third-order valence-corrected chi connectivity index (χ3v) is 3.95. The highest BCUT2D eigenvalue weighted by atomic mass is 16.5. The van der Waals surface area contributed by atoms with E-state index >= 15 is 0 Å². The highest BCUT2D eigenvalue weighted by Gasteiger charge is 2.23. The van der Waals surface area contributed by atoms with E-state index in [-0.39, 0.29) is 6.04 Å². The summed E-state index contributed by atoms with van der Waals surface area (Å²) >= 11 is 0. The average molecular weight is 283 g/mol. The number of ether oxygens (including phenoxy) is 1. The quantitative estimate of drug-likeness (QED) is 0.932. The molecule has 1 aliphatic rings. The molecule has 110 valence electrons. The number of benzene rings is 1. The summed E-state index contributed by atoms with van der Waals surface area (Å²) in [5, 5.41) is 3.41. The first kappa shape index (κ1) is 14.0. The number of aromatic nitrogens is 1. The summed E-state index contributed by atoms with van der Waals surface area (Å²) in [5.41, 5.74) is 2.52. The second-order valence-corrected chi connectivity index (χ2v) is 5.25. The maximum atomic E-state index is 5.26. The van der Waals surface area contributed by atoms with Crippen molar-refractivity contribution in [3.8, 4) is 5.75 Å².